The number of aliphatic imine (C=N–C) groups is 2. The molecule has 1 aliphatic heterocycles. The minimum Gasteiger partial charge on any atom is -0.383 e. The normalized spacial score (nSPS) is 16.2. The van der Waals surface area contributed by atoms with Crippen LogP contribution in [0.2, 0.25) is 5.02 Å². The van der Waals surface area contributed by atoms with Gasteiger partial charge in [-0.05, 0) is 37.1 Å². The average Bonchev–Trinajstić information content (AvgIpc) is 2.60. The smallest absolute Gasteiger partial charge is 0.0857 e. The first-order valence-corrected chi connectivity index (χ1v) is 8.19. The zero-order valence-corrected chi connectivity index (χ0v) is 13.6. The fourth-order valence-electron chi connectivity index (χ4n) is 2.56. The lowest BCUT2D eigenvalue weighted by molar-refractivity contribution is 0.857. The van der Waals surface area contributed by atoms with Crippen molar-refractivity contribution in [2.45, 2.75) is 12.8 Å². The fourth-order valence-corrected chi connectivity index (χ4v) is 2.75. The van der Waals surface area contributed by atoms with Gasteiger partial charge in [0.05, 0.1) is 18.0 Å². The predicted octanol–water partition coefficient (Wildman–Crippen LogP) is 3.87. The highest BCUT2D eigenvalue weighted by atomic mass is 35.5. The number of aromatic nitrogens is 1. The molecule has 0 atom stereocenters. The molecule has 1 N–H and O–H groups in total. The van der Waals surface area contributed by atoms with Gasteiger partial charge >= 0.3 is 0 Å². The average molecular weight is 327 g/mol. The van der Waals surface area contributed by atoms with Gasteiger partial charge in [0, 0.05) is 41.8 Å². The molecule has 1 aromatic heterocycles. The Bertz CT molecular complexity index is 710. The number of hydrogen-bond donors (Lipinski definition) is 1. The second kappa shape index (κ2) is 7.88. The summed E-state index contributed by atoms with van der Waals surface area (Å²) in [5.74, 6) is 0. The van der Waals surface area contributed by atoms with Crippen molar-refractivity contribution in [1.29, 1.82) is 0 Å². The zero-order chi connectivity index (χ0) is 15.9. The van der Waals surface area contributed by atoms with Crippen molar-refractivity contribution in [3.8, 4) is 0 Å². The van der Waals surface area contributed by atoms with Gasteiger partial charge in [0.15, 0.2) is 0 Å². The summed E-state index contributed by atoms with van der Waals surface area (Å²) in [4.78, 5) is 13.4. The molecule has 0 bridgehead atoms. The molecule has 5 heteroatoms. The van der Waals surface area contributed by atoms with Crippen molar-refractivity contribution in [2.75, 3.05) is 25.0 Å². The third kappa shape index (κ3) is 4.39. The van der Waals surface area contributed by atoms with Gasteiger partial charge in [-0.1, -0.05) is 23.7 Å². The lowest BCUT2D eigenvalue weighted by Gasteiger charge is -2.16. The Morgan fingerprint density at radius 3 is 2.87 bits per heavy atom. The van der Waals surface area contributed by atoms with E-state index < -0.39 is 0 Å². The lowest BCUT2D eigenvalue weighted by atomic mass is 9.99. The summed E-state index contributed by atoms with van der Waals surface area (Å²) >= 11 is 6.10. The molecule has 0 unspecified atom stereocenters. The summed E-state index contributed by atoms with van der Waals surface area (Å²) in [6.45, 7) is 2.36. The number of anilines is 1. The number of nitrogens with zero attached hydrogens (tertiary/aromatic N) is 3. The molecule has 0 saturated carbocycles. The molecule has 23 heavy (non-hydrogen) atoms. The zero-order valence-electron chi connectivity index (χ0n) is 12.9. The van der Waals surface area contributed by atoms with E-state index in [2.05, 4.69) is 15.3 Å². The predicted molar refractivity (Wildman–Crippen MR) is 97.1 cm³/mol. The van der Waals surface area contributed by atoms with Crippen molar-refractivity contribution in [1.82, 2.24) is 4.98 Å². The number of halogens is 1. The number of pyridine rings is 1. The van der Waals surface area contributed by atoms with Crippen LogP contribution < -0.4 is 5.32 Å². The molecule has 0 radical (unpaired) electrons. The first kappa shape index (κ1) is 15.7. The maximum Gasteiger partial charge on any atom is 0.0857 e. The van der Waals surface area contributed by atoms with Crippen LogP contribution in [0.4, 0.5) is 5.69 Å². The lowest BCUT2D eigenvalue weighted by Crippen LogP contribution is -2.22. The van der Waals surface area contributed by atoms with Crippen molar-refractivity contribution in [3.05, 3.63) is 59.4 Å². The van der Waals surface area contributed by atoms with Gasteiger partial charge in [0.25, 0.3) is 0 Å². The maximum absolute atomic E-state index is 6.10. The summed E-state index contributed by atoms with van der Waals surface area (Å²) in [5.41, 5.74) is 4.18. The first-order valence-electron chi connectivity index (χ1n) is 7.81. The van der Waals surface area contributed by atoms with Gasteiger partial charge < -0.3 is 5.32 Å². The second-order valence-electron chi connectivity index (χ2n) is 5.34. The molecule has 0 fully saturated rings. The number of nitrogens with one attached hydrogen (secondary N) is 1. The van der Waals surface area contributed by atoms with E-state index >= 15 is 0 Å². The highest BCUT2D eigenvalue weighted by Gasteiger charge is 2.15. The van der Waals surface area contributed by atoms with Gasteiger partial charge in [-0.3, -0.25) is 15.0 Å². The van der Waals surface area contributed by atoms with Gasteiger partial charge in [0.1, 0.15) is 0 Å². The van der Waals surface area contributed by atoms with Crippen molar-refractivity contribution in [2.24, 2.45) is 9.98 Å². The maximum atomic E-state index is 6.10. The summed E-state index contributed by atoms with van der Waals surface area (Å²) < 4.78 is 0. The molecule has 1 aliphatic rings. The van der Waals surface area contributed by atoms with E-state index in [-0.39, 0.29) is 0 Å². The van der Waals surface area contributed by atoms with E-state index in [1.54, 1.807) is 12.4 Å². The molecule has 1 aromatic carbocycles. The Labute approximate surface area is 141 Å². The topological polar surface area (TPSA) is 49.6 Å². The van der Waals surface area contributed by atoms with Gasteiger partial charge in [-0.15, -0.1) is 0 Å². The van der Waals surface area contributed by atoms with Crippen LogP contribution in [0.5, 0.6) is 0 Å². The van der Waals surface area contributed by atoms with E-state index in [0.717, 1.165) is 60.2 Å². The number of rotatable bonds is 5. The van der Waals surface area contributed by atoms with Crippen LogP contribution in [0.25, 0.3) is 0 Å². The molecule has 3 rings (SSSR count). The Hall–Kier alpha value is -2.20. The molecule has 4 nitrogen and oxygen atoms in total. The Kier molecular flexibility index (Phi) is 5.37. The SMILES string of the molecule is Clc1cccc(C2=NCCCC2=NCCNc2ccncc2)c1. The van der Waals surface area contributed by atoms with Crippen LogP contribution in [0.15, 0.2) is 58.8 Å². The standard InChI is InChI=1S/C18H19ClN4/c19-15-4-1-3-14(13-15)18-17(5-2-8-23-18)22-12-11-21-16-6-9-20-10-7-16/h1,3-4,6-7,9-10,13H,2,5,8,11-12H2,(H,20,21). The van der Waals surface area contributed by atoms with Crippen LogP contribution in [0.1, 0.15) is 18.4 Å². The van der Waals surface area contributed by atoms with Gasteiger partial charge in [-0.2, -0.15) is 0 Å². The largest absolute Gasteiger partial charge is 0.383 e. The molecule has 2 heterocycles. The van der Waals surface area contributed by atoms with E-state index in [4.69, 9.17) is 16.6 Å². The molecule has 0 saturated heterocycles. The van der Waals surface area contributed by atoms with Crippen LogP contribution in [0.3, 0.4) is 0 Å². The molecular weight excluding hydrogens is 308 g/mol. The minimum atomic E-state index is 0.719. The third-order valence-corrected chi connectivity index (χ3v) is 3.87. The molecule has 0 spiro atoms. The van der Waals surface area contributed by atoms with Crippen molar-refractivity contribution < 1.29 is 0 Å². The van der Waals surface area contributed by atoms with Crippen molar-refractivity contribution in [3.63, 3.8) is 0 Å². The molecule has 0 aliphatic carbocycles. The molecule has 118 valence electrons. The summed E-state index contributed by atoms with van der Waals surface area (Å²) in [6, 6.07) is 11.7. The number of benzene rings is 1. The summed E-state index contributed by atoms with van der Waals surface area (Å²) in [7, 11) is 0. The van der Waals surface area contributed by atoms with Gasteiger partial charge in [-0.25, -0.2) is 0 Å². The Morgan fingerprint density at radius 1 is 1.17 bits per heavy atom. The fraction of sp³-hybridized carbons (Fsp3) is 0.278. The number of hydrogen-bond acceptors (Lipinski definition) is 4. The monoisotopic (exact) mass is 326 g/mol. The van der Waals surface area contributed by atoms with E-state index in [1.807, 2.05) is 36.4 Å². The quantitative estimate of drug-likeness (QED) is 0.848. The first-order chi connectivity index (χ1) is 11.3. The van der Waals surface area contributed by atoms with E-state index in [0.29, 0.717) is 0 Å². The van der Waals surface area contributed by atoms with E-state index in [1.165, 1.54) is 0 Å². The minimum absolute atomic E-state index is 0.719. The Morgan fingerprint density at radius 2 is 2.04 bits per heavy atom. The summed E-state index contributed by atoms with van der Waals surface area (Å²) in [6.07, 6.45) is 5.58. The molecule has 2 aromatic rings. The second-order valence-corrected chi connectivity index (χ2v) is 5.77. The third-order valence-electron chi connectivity index (χ3n) is 3.64. The van der Waals surface area contributed by atoms with Crippen LogP contribution in [0, 0.1) is 0 Å². The van der Waals surface area contributed by atoms with Crippen LogP contribution in [-0.4, -0.2) is 36.0 Å². The highest BCUT2D eigenvalue weighted by molar-refractivity contribution is 6.49. The highest BCUT2D eigenvalue weighted by Crippen LogP contribution is 2.16. The molecule has 0 amide bonds. The van der Waals surface area contributed by atoms with Crippen molar-refractivity contribution >= 4 is 28.7 Å². The van der Waals surface area contributed by atoms with Gasteiger partial charge in [0.2, 0.25) is 0 Å². The summed E-state index contributed by atoms with van der Waals surface area (Å²) in [5, 5.41) is 4.07. The van der Waals surface area contributed by atoms with Crippen LogP contribution >= 0.6 is 11.6 Å². The van der Waals surface area contributed by atoms with Crippen LogP contribution in [-0.2, 0) is 0 Å². The van der Waals surface area contributed by atoms with E-state index in [9.17, 15) is 0 Å². The Balaban J connectivity index is 1.65. The molecular formula is C18H19ClN4.